The summed E-state index contributed by atoms with van der Waals surface area (Å²) in [5, 5.41) is 6.97. The molecule has 0 unspecified atom stereocenters. The number of rotatable bonds is 5. The van der Waals surface area contributed by atoms with Crippen LogP contribution in [0.15, 0.2) is 33.9 Å². The molecule has 2 aliphatic rings. The van der Waals surface area contributed by atoms with Gasteiger partial charge >= 0.3 is 6.03 Å². The second kappa shape index (κ2) is 8.88. The number of fused-ring (bicyclic) bond motifs is 2. The zero-order valence-corrected chi connectivity index (χ0v) is 18.6. The molecule has 2 N–H and O–H groups in total. The zero-order valence-electron chi connectivity index (χ0n) is 16.9. The predicted octanol–water partition coefficient (Wildman–Crippen LogP) is 4.03. The summed E-state index contributed by atoms with van der Waals surface area (Å²) >= 11 is 2.76. The highest BCUT2D eigenvalue weighted by Crippen LogP contribution is 2.29. The average molecular weight is 458 g/mol. The lowest BCUT2D eigenvalue weighted by Gasteiger charge is -2.25. The minimum absolute atomic E-state index is 0.0415. The fourth-order valence-electron chi connectivity index (χ4n) is 3.98. The molecule has 1 aromatic carbocycles. The van der Waals surface area contributed by atoms with Crippen LogP contribution in [0.4, 0.5) is 9.93 Å². The van der Waals surface area contributed by atoms with Crippen molar-refractivity contribution in [3.63, 3.8) is 0 Å². The number of aromatic nitrogens is 2. The molecule has 1 aliphatic heterocycles. The number of urea groups is 1. The second-order valence-electron chi connectivity index (χ2n) is 7.77. The fraction of sp³-hybridized carbons (Fsp3) is 0.429. The molecule has 0 saturated heterocycles. The molecule has 8 nitrogen and oxygen atoms in total. The Labute approximate surface area is 187 Å². The van der Waals surface area contributed by atoms with Crippen molar-refractivity contribution in [1.29, 1.82) is 0 Å². The number of nitrogens with one attached hydrogen (secondary N) is 2. The third-order valence-electron chi connectivity index (χ3n) is 5.59. The van der Waals surface area contributed by atoms with E-state index in [4.69, 9.17) is 4.42 Å². The van der Waals surface area contributed by atoms with E-state index in [0.29, 0.717) is 29.9 Å². The molecule has 0 radical (unpaired) electrons. The first-order chi connectivity index (χ1) is 15.1. The van der Waals surface area contributed by atoms with Crippen LogP contribution in [0.1, 0.15) is 36.3 Å². The summed E-state index contributed by atoms with van der Waals surface area (Å²) in [5.74, 6) is 0.315. The van der Waals surface area contributed by atoms with Gasteiger partial charge in [0.15, 0.2) is 10.7 Å². The molecule has 0 atom stereocenters. The molecule has 2 aromatic heterocycles. The SMILES string of the molecule is O=C(Nc1nc2c(s1)CN(C(=O)CSc1nc3ccccc3o1)CC2)NC1CCCC1. The molecule has 0 spiro atoms. The van der Waals surface area contributed by atoms with Gasteiger partial charge in [-0.15, -0.1) is 0 Å². The Morgan fingerprint density at radius 2 is 2.06 bits per heavy atom. The minimum atomic E-state index is -0.194. The number of benzene rings is 1. The molecule has 0 bridgehead atoms. The summed E-state index contributed by atoms with van der Waals surface area (Å²) in [6, 6.07) is 7.63. The monoisotopic (exact) mass is 457 g/mol. The summed E-state index contributed by atoms with van der Waals surface area (Å²) in [4.78, 5) is 36.7. The summed E-state index contributed by atoms with van der Waals surface area (Å²) < 4.78 is 5.68. The van der Waals surface area contributed by atoms with Crippen LogP contribution < -0.4 is 10.6 Å². The summed E-state index contributed by atoms with van der Waals surface area (Å²) in [5.41, 5.74) is 2.49. The van der Waals surface area contributed by atoms with E-state index in [2.05, 4.69) is 20.6 Å². The number of anilines is 1. The van der Waals surface area contributed by atoms with Crippen LogP contribution in [0, 0.1) is 0 Å². The molecule has 1 fully saturated rings. The van der Waals surface area contributed by atoms with Gasteiger partial charge in [-0.2, -0.15) is 0 Å². The van der Waals surface area contributed by atoms with Crippen LogP contribution in [-0.4, -0.2) is 45.1 Å². The van der Waals surface area contributed by atoms with Crippen LogP contribution in [0.25, 0.3) is 11.1 Å². The number of thiazole rings is 1. The van der Waals surface area contributed by atoms with E-state index in [-0.39, 0.29) is 23.7 Å². The topological polar surface area (TPSA) is 100 Å². The van der Waals surface area contributed by atoms with E-state index in [1.807, 2.05) is 29.2 Å². The maximum Gasteiger partial charge on any atom is 0.321 e. The maximum absolute atomic E-state index is 12.7. The largest absolute Gasteiger partial charge is 0.431 e. The molecule has 3 heterocycles. The van der Waals surface area contributed by atoms with Crippen LogP contribution in [0.5, 0.6) is 0 Å². The highest BCUT2D eigenvalue weighted by molar-refractivity contribution is 7.99. The van der Waals surface area contributed by atoms with Gasteiger partial charge in [0.2, 0.25) is 5.91 Å². The highest BCUT2D eigenvalue weighted by Gasteiger charge is 2.25. The average Bonchev–Trinajstić information content (AvgIpc) is 3.50. The number of oxazole rings is 1. The van der Waals surface area contributed by atoms with E-state index < -0.39 is 0 Å². The molecule has 162 valence electrons. The first-order valence-corrected chi connectivity index (χ1v) is 12.3. The molecule has 31 heavy (non-hydrogen) atoms. The standard InChI is InChI=1S/C21H23N5O3S2/c27-18(12-30-21-24-14-7-3-4-8-16(14)29-21)26-10-9-15-17(11-26)31-20(23-15)25-19(28)22-13-5-1-2-6-13/h3-4,7-8,13H,1-2,5-6,9-12H2,(H2,22,23,25,28). The van der Waals surface area contributed by atoms with Gasteiger partial charge in [0.05, 0.1) is 18.0 Å². The van der Waals surface area contributed by atoms with Crippen molar-refractivity contribution in [1.82, 2.24) is 20.2 Å². The lowest BCUT2D eigenvalue weighted by Crippen LogP contribution is -2.36. The Bertz CT molecular complexity index is 1070. The number of thioether (sulfide) groups is 1. The number of amides is 3. The highest BCUT2D eigenvalue weighted by atomic mass is 32.2. The van der Waals surface area contributed by atoms with Crippen molar-refractivity contribution >= 4 is 51.3 Å². The van der Waals surface area contributed by atoms with Gasteiger partial charge in [0.1, 0.15) is 5.52 Å². The Kier molecular flexibility index (Phi) is 5.82. The van der Waals surface area contributed by atoms with E-state index >= 15 is 0 Å². The van der Waals surface area contributed by atoms with Crippen molar-refractivity contribution in [3.05, 3.63) is 34.8 Å². The molecule has 1 aliphatic carbocycles. The Morgan fingerprint density at radius 1 is 1.23 bits per heavy atom. The molecule has 1 saturated carbocycles. The first-order valence-electron chi connectivity index (χ1n) is 10.5. The molecule has 3 aromatic rings. The molecule has 5 rings (SSSR count). The Balaban J connectivity index is 1.15. The minimum Gasteiger partial charge on any atom is -0.431 e. The lowest BCUT2D eigenvalue weighted by molar-refractivity contribution is -0.129. The molecular weight excluding hydrogens is 434 g/mol. The van der Waals surface area contributed by atoms with E-state index in [9.17, 15) is 9.59 Å². The summed E-state index contributed by atoms with van der Waals surface area (Å²) in [6.07, 6.45) is 5.12. The smallest absolute Gasteiger partial charge is 0.321 e. The first kappa shape index (κ1) is 20.3. The number of hydrogen-bond donors (Lipinski definition) is 2. The normalized spacial score (nSPS) is 16.5. The molecule has 10 heteroatoms. The molecule has 3 amide bonds. The van der Waals surface area contributed by atoms with Gasteiger partial charge in [-0.05, 0) is 25.0 Å². The third kappa shape index (κ3) is 4.69. The van der Waals surface area contributed by atoms with E-state index in [1.165, 1.54) is 35.9 Å². The fourth-order valence-corrected chi connectivity index (χ4v) is 5.74. The van der Waals surface area contributed by atoms with Crippen molar-refractivity contribution in [3.8, 4) is 0 Å². The van der Waals surface area contributed by atoms with Crippen LogP contribution >= 0.6 is 23.1 Å². The number of carbonyl (C=O) groups is 2. The second-order valence-corrected chi connectivity index (χ2v) is 9.78. The Hall–Kier alpha value is -2.59. The van der Waals surface area contributed by atoms with E-state index in [0.717, 1.165) is 34.5 Å². The van der Waals surface area contributed by atoms with Crippen LogP contribution in [-0.2, 0) is 17.8 Å². The van der Waals surface area contributed by atoms with Gasteiger partial charge in [-0.3, -0.25) is 10.1 Å². The summed E-state index contributed by atoms with van der Waals surface area (Å²) in [6.45, 7) is 1.14. The Morgan fingerprint density at radius 3 is 2.90 bits per heavy atom. The maximum atomic E-state index is 12.7. The summed E-state index contributed by atoms with van der Waals surface area (Å²) in [7, 11) is 0. The third-order valence-corrected chi connectivity index (χ3v) is 7.40. The molecular formula is C21H23N5O3S2. The van der Waals surface area contributed by atoms with Crippen molar-refractivity contribution in [2.45, 2.75) is 49.9 Å². The number of nitrogens with zero attached hydrogens (tertiary/aromatic N) is 3. The van der Waals surface area contributed by atoms with Crippen molar-refractivity contribution in [2.24, 2.45) is 0 Å². The van der Waals surface area contributed by atoms with Gasteiger partial charge in [-0.25, -0.2) is 14.8 Å². The van der Waals surface area contributed by atoms with E-state index in [1.54, 1.807) is 0 Å². The van der Waals surface area contributed by atoms with Gasteiger partial charge in [0, 0.05) is 23.9 Å². The number of carbonyl (C=O) groups excluding carboxylic acids is 2. The van der Waals surface area contributed by atoms with Gasteiger partial charge in [-0.1, -0.05) is 48.1 Å². The zero-order chi connectivity index (χ0) is 21.2. The lowest BCUT2D eigenvalue weighted by atomic mass is 10.2. The number of para-hydroxylation sites is 2. The number of hydrogen-bond acceptors (Lipinski definition) is 7. The van der Waals surface area contributed by atoms with Crippen LogP contribution in [0.3, 0.4) is 0 Å². The van der Waals surface area contributed by atoms with Crippen molar-refractivity contribution in [2.75, 3.05) is 17.6 Å². The predicted molar refractivity (Wildman–Crippen MR) is 120 cm³/mol. The quantitative estimate of drug-likeness (QED) is 0.561. The van der Waals surface area contributed by atoms with Crippen LogP contribution in [0.2, 0.25) is 0 Å². The van der Waals surface area contributed by atoms with Crippen molar-refractivity contribution < 1.29 is 14.0 Å². The van der Waals surface area contributed by atoms with Gasteiger partial charge < -0.3 is 14.6 Å². The van der Waals surface area contributed by atoms with Gasteiger partial charge in [0.25, 0.3) is 5.22 Å².